The Kier molecular flexibility index (Phi) is 3.06. The monoisotopic (exact) mass is 224 g/mol. The first-order valence-corrected chi connectivity index (χ1v) is 5.26. The lowest BCUT2D eigenvalue weighted by Gasteiger charge is -2.14. The predicted molar refractivity (Wildman–Crippen MR) is 67.5 cm³/mol. The molecule has 1 aromatic carbocycles. The van der Waals surface area contributed by atoms with Crippen molar-refractivity contribution in [3.8, 4) is 12.3 Å². The van der Waals surface area contributed by atoms with Crippen molar-refractivity contribution in [3.63, 3.8) is 0 Å². The number of amides is 1. The molecule has 0 aliphatic heterocycles. The molecular formula is C14H12N2O. The highest BCUT2D eigenvalue weighted by atomic mass is 16.2. The number of nitrogens with zero attached hydrogens (tertiary/aromatic N) is 2. The lowest BCUT2D eigenvalue weighted by Crippen LogP contribution is -2.27. The normalized spacial score (nSPS) is 9.88. The summed E-state index contributed by atoms with van der Waals surface area (Å²) in [6, 6.07) is 9.33. The third-order valence-electron chi connectivity index (χ3n) is 2.54. The van der Waals surface area contributed by atoms with Gasteiger partial charge in [0, 0.05) is 18.6 Å². The van der Waals surface area contributed by atoms with Gasteiger partial charge in [-0.3, -0.25) is 9.78 Å². The van der Waals surface area contributed by atoms with Crippen LogP contribution in [0.5, 0.6) is 0 Å². The molecule has 0 fully saturated rings. The number of para-hydroxylation sites is 1. The largest absolute Gasteiger partial charge is 0.330 e. The summed E-state index contributed by atoms with van der Waals surface area (Å²) in [7, 11) is 1.68. The maximum Gasteiger partial charge on any atom is 0.256 e. The smallest absolute Gasteiger partial charge is 0.256 e. The third-order valence-corrected chi connectivity index (χ3v) is 2.54. The summed E-state index contributed by atoms with van der Waals surface area (Å²) in [6.45, 7) is 0.294. The minimum Gasteiger partial charge on any atom is -0.330 e. The molecule has 84 valence electrons. The zero-order chi connectivity index (χ0) is 12.3. The second-order valence-electron chi connectivity index (χ2n) is 3.75. The van der Waals surface area contributed by atoms with Crippen LogP contribution in [0.25, 0.3) is 10.9 Å². The van der Waals surface area contributed by atoms with Crippen molar-refractivity contribution >= 4 is 16.8 Å². The number of carbonyl (C=O) groups excluding carboxylic acids is 1. The number of hydrogen-bond acceptors (Lipinski definition) is 2. The van der Waals surface area contributed by atoms with E-state index in [0.29, 0.717) is 17.6 Å². The zero-order valence-electron chi connectivity index (χ0n) is 9.55. The summed E-state index contributed by atoms with van der Waals surface area (Å²) >= 11 is 0. The fraction of sp³-hybridized carbons (Fsp3) is 0.143. The molecule has 1 heterocycles. The first kappa shape index (κ1) is 11.2. The van der Waals surface area contributed by atoms with E-state index >= 15 is 0 Å². The van der Waals surface area contributed by atoms with Crippen LogP contribution in [0.15, 0.2) is 36.5 Å². The van der Waals surface area contributed by atoms with Crippen molar-refractivity contribution in [2.24, 2.45) is 0 Å². The summed E-state index contributed by atoms with van der Waals surface area (Å²) in [5.74, 6) is 2.35. The quantitative estimate of drug-likeness (QED) is 0.730. The maximum atomic E-state index is 12.1. The van der Waals surface area contributed by atoms with Gasteiger partial charge in [0.05, 0.1) is 17.6 Å². The summed E-state index contributed by atoms with van der Waals surface area (Å²) in [6.07, 6.45) is 6.88. The van der Waals surface area contributed by atoms with Crippen molar-refractivity contribution in [3.05, 3.63) is 42.1 Å². The van der Waals surface area contributed by atoms with Crippen molar-refractivity contribution in [1.29, 1.82) is 0 Å². The van der Waals surface area contributed by atoms with Crippen LogP contribution in [0, 0.1) is 12.3 Å². The highest BCUT2D eigenvalue weighted by molar-refractivity contribution is 6.05. The molecule has 0 bridgehead atoms. The number of pyridine rings is 1. The van der Waals surface area contributed by atoms with Gasteiger partial charge in [-0.1, -0.05) is 24.1 Å². The average molecular weight is 224 g/mol. The molecule has 0 spiro atoms. The molecule has 0 N–H and O–H groups in total. The molecule has 2 rings (SSSR count). The second-order valence-corrected chi connectivity index (χ2v) is 3.75. The summed E-state index contributed by atoms with van der Waals surface area (Å²) in [4.78, 5) is 17.9. The number of aromatic nitrogens is 1. The van der Waals surface area contributed by atoms with Crippen molar-refractivity contribution in [1.82, 2.24) is 9.88 Å². The zero-order valence-corrected chi connectivity index (χ0v) is 9.55. The van der Waals surface area contributed by atoms with Crippen molar-refractivity contribution in [2.45, 2.75) is 0 Å². The third kappa shape index (κ3) is 2.11. The number of benzene rings is 1. The Bertz CT molecular complexity index is 593. The van der Waals surface area contributed by atoms with E-state index in [1.54, 1.807) is 19.3 Å². The molecule has 2 aromatic rings. The molecule has 0 aliphatic carbocycles. The Balaban J connectivity index is 2.49. The molecule has 0 unspecified atom stereocenters. The van der Waals surface area contributed by atoms with Crippen LogP contribution in [-0.4, -0.2) is 29.4 Å². The number of carbonyl (C=O) groups is 1. The molecule has 0 saturated heterocycles. The summed E-state index contributed by atoms with van der Waals surface area (Å²) in [5, 5.41) is 0.951. The van der Waals surface area contributed by atoms with E-state index in [1.807, 2.05) is 24.3 Å². The van der Waals surface area contributed by atoms with Crippen molar-refractivity contribution in [2.75, 3.05) is 13.6 Å². The molecule has 3 nitrogen and oxygen atoms in total. The molecular weight excluding hydrogens is 212 g/mol. The fourth-order valence-electron chi connectivity index (χ4n) is 1.69. The Morgan fingerprint density at radius 3 is 2.94 bits per heavy atom. The number of fused-ring (bicyclic) bond motifs is 1. The van der Waals surface area contributed by atoms with Crippen LogP contribution in [-0.2, 0) is 0 Å². The lowest BCUT2D eigenvalue weighted by atomic mass is 10.1. The molecule has 0 aliphatic rings. The topological polar surface area (TPSA) is 33.2 Å². The summed E-state index contributed by atoms with van der Waals surface area (Å²) < 4.78 is 0. The molecule has 1 amide bonds. The SMILES string of the molecule is C#CCN(C)C(=O)c1cccc2cccnc12. The van der Waals surface area contributed by atoms with Crippen LogP contribution < -0.4 is 0 Å². The average Bonchev–Trinajstić information content (AvgIpc) is 2.37. The fourth-order valence-corrected chi connectivity index (χ4v) is 1.69. The standard InChI is InChI=1S/C14H12N2O/c1-3-10-16(2)14(17)12-8-4-6-11-7-5-9-15-13(11)12/h1,4-9H,10H2,2H3. The van der Waals surface area contributed by atoms with Crippen LogP contribution in [0.3, 0.4) is 0 Å². The van der Waals surface area contributed by atoms with Gasteiger partial charge >= 0.3 is 0 Å². The Morgan fingerprint density at radius 2 is 2.18 bits per heavy atom. The minimum atomic E-state index is -0.104. The van der Waals surface area contributed by atoms with Gasteiger partial charge in [0.15, 0.2) is 0 Å². The van der Waals surface area contributed by atoms with Gasteiger partial charge in [-0.05, 0) is 12.1 Å². The highest BCUT2D eigenvalue weighted by Gasteiger charge is 2.14. The van der Waals surface area contributed by atoms with Gasteiger partial charge in [0.1, 0.15) is 0 Å². The van der Waals surface area contributed by atoms with Gasteiger partial charge in [0.25, 0.3) is 5.91 Å². The Labute approximate surface area is 100 Å². The van der Waals surface area contributed by atoms with Crippen LogP contribution >= 0.6 is 0 Å². The van der Waals surface area contributed by atoms with E-state index in [9.17, 15) is 4.79 Å². The number of terminal acetylenes is 1. The van der Waals surface area contributed by atoms with Crippen LogP contribution in [0.4, 0.5) is 0 Å². The second kappa shape index (κ2) is 4.67. The maximum absolute atomic E-state index is 12.1. The van der Waals surface area contributed by atoms with Gasteiger partial charge in [0.2, 0.25) is 0 Å². The molecule has 3 heteroatoms. The van der Waals surface area contributed by atoms with Gasteiger partial charge in [-0.15, -0.1) is 6.42 Å². The highest BCUT2D eigenvalue weighted by Crippen LogP contribution is 2.17. The minimum absolute atomic E-state index is 0.104. The first-order chi connectivity index (χ1) is 8.24. The first-order valence-electron chi connectivity index (χ1n) is 5.26. The van der Waals surface area contributed by atoms with E-state index in [2.05, 4.69) is 10.9 Å². The predicted octanol–water partition coefficient (Wildman–Crippen LogP) is 1.94. The van der Waals surface area contributed by atoms with E-state index in [-0.39, 0.29) is 5.91 Å². The van der Waals surface area contributed by atoms with E-state index in [1.165, 1.54) is 4.90 Å². The van der Waals surface area contributed by atoms with Crippen LogP contribution in [0.1, 0.15) is 10.4 Å². The molecule has 17 heavy (non-hydrogen) atoms. The number of hydrogen-bond donors (Lipinski definition) is 0. The Morgan fingerprint density at radius 1 is 1.41 bits per heavy atom. The lowest BCUT2D eigenvalue weighted by molar-refractivity contribution is 0.0814. The molecule has 0 radical (unpaired) electrons. The van der Waals surface area contributed by atoms with E-state index in [0.717, 1.165) is 5.39 Å². The Hall–Kier alpha value is -2.34. The van der Waals surface area contributed by atoms with Gasteiger partial charge < -0.3 is 4.90 Å². The van der Waals surface area contributed by atoms with Crippen LogP contribution in [0.2, 0.25) is 0 Å². The van der Waals surface area contributed by atoms with Gasteiger partial charge in [-0.25, -0.2) is 0 Å². The molecule has 0 atom stereocenters. The van der Waals surface area contributed by atoms with E-state index < -0.39 is 0 Å². The molecule has 0 saturated carbocycles. The summed E-state index contributed by atoms with van der Waals surface area (Å²) in [5.41, 5.74) is 1.30. The number of rotatable bonds is 2. The molecule has 1 aromatic heterocycles. The van der Waals surface area contributed by atoms with Gasteiger partial charge in [-0.2, -0.15) is 0 Å². The van der Waals surface area contributed by atoms with E-state index in [4.69, 9.17) is 6.42 Å². The van der Waals surface area contributed by atoms with Crippen molar-refractivity contribution < 1.29 is 4.79 Å².